The van der Waals surface area contributed by atoms with Crippen LogP contribution in [0.25, 0.3) is 11.1 Å². The molecular formula is C23H20ClF3N2O3S. The Kier molecular flexibility index (Phi) is 7.78. The molecule has 0 unspecified atom stereocenters. The van der Waals surface area contributed by atoms with Crippen LogP contribution in [0.15, 0.2) is 59.5 Å². The molecule has 3 rings (SSSR count). The number of methoxy groups -OCH3 is 2. The summed E-state index contributed by atoms with van der Waals surface area (Å²) in [6.45, 7) is 0. The van der Waals surface area contributed by atoms with Crippen molar-refractivity contribution in [2.45, 2.75) is 17.0 Å². The van der Waals surface area contributed by atoms with E-state index < -0.39 is 17.6 Å². The van der Waals surface area contributed by atoms with E-state index in [-0.39, 0.29) is 28.3 Å². The highest BCUT2D eigenvalue weighted by atomic mass is 35.5. The zero-order chi connectivity index (χ0) is 24.2. The van der Waals surface area contributed by atoms with Gasteiger partial charge in [0.25, 0.3) is 5.91 Å². The molecule has 0 spiro atoms. The molecule has 0 aromatic heterocycles. The van der Waals surface area contributed by atoms with E-state index in [0.29, 0.717) is 21.9 Å². The summed E-state index contributed by atoms with van der Waals surface area (Å²) >= 11 is 7.06. The quantitative estimate of drug-likeness (QED) is 0.294. The van der Waals surface area contributed by atoms with Gasteiger partial charge in [-0.3, -0.25) is 9.93 Å². The van der Waals surface area contributed by atoms with Crippen LogP contribution in [0.2, 0.25) is 0 Å². The summed E-state index contributed by atoms with van der Waals surface area (Å²) in [5, 5.41) is 8.31. The molecule has 0 bridgehead atoms. The van der Waals surface area contributed by atoms with Crippen molar-refractivity contribution in [3.63, 3.8) is 0 Å². The van der Waals surface area contributed by atoms with E-state index in [1.54, 1.807) is 18.2 Å². The highest BCUT2D eigenvalue weighted by Gasteiger charge is 2.34. The Bertz CT molecular complexity index is 1170. The average Bonchev–Trinajstić information content (AvgIpc) is 2.82. The normalized spacial score (nSPS) is 11.2. The van der Waals surface area contributed by atoms with Gasteiger partial charge in [0.1, 0.15) is 11.5 Å². The second-order valence-corrected chi connectivity index (χ2v) is 7.80. The van der Waals surface area contributed by atoms with Crippen molar-refractivity contribution in [1.82, 2.24) is 0 Å². The summed E-state index contributed by atoms with van der Waals surface area (Å²) in [5.74, 6) is 0.0462. The molecule has 0 heterocycles. The Hall–Kier alpha value is -2.88. The number of amides is 1. The Morgan fingerprint density at radius 2 is 1.76 bits per heavy atom. The topological polar surface area (TPSA) is 73.6 Å². The molecule has 3 aromatic rings. The number of anilines is 1. The fraction of sp³-hybridized carbons (Fsp3) is 0.174. The second kappa shape index (κ2) is 10.4. The largest absolute Gasteiger partial charge is 0.497 e. The number of carbonyl (C=O) groups is 1. The lowest BCUT2D eigenvalue weighted by Crippen LogP contribution is -2.13. The SMILES string of the molecule is COc1ccc(-c2ccc(C(=O)Nc3ccc(SN)c(OC)c3)cc2CCl)c(C(F)(F)F)c1. The van der Waals surface area contributed by atoms with Crippen LogP contribution in [-0.4, -0.2) is 20.1 Å². The van der Waals surface area contributed by atoms with Crippen molar-refractivity contribution in [3.8, 4) is 22.6 Å². The summed E-state index contributed by atoms with van der Waals surface area (Å²) < 4.78 is 51.2. The van der Waals surface area contributed by atoms with Gasteiger partial charge in [-0.1, -0.05) is 12.1 Å². The van der Waals surface area contributed by atoms with Gasteiger partial charge in [0.05, 0.1) is 24.7 Å². The van der Waals surface area contributed by atoms with Gasteiger partial charge in [0.2, 0.25) is 0 Å². The number of nitrogens with one attached hydrogen (secondary N) is 1. The fourth-order valence-corrected chi connectivity index (χ4v) is 3.90. The van der Waals surface area contributed by atoms with Gasteiger partial charge in [-0.25, -0.2) is 0 Å². The lowest BCUT2D eigenvalue weighted by Gasteiger charge is -2.17. The summed E-state index contributed by atoms with van der Waals surface area (Å²) in [5.41, 5.74) is 0.476. The molecular weight excluding hydrogens is 477 g/mol. The number of hydrogen-bond donors (Lipinski definition) is 2. The lowest BCUT2D eigenvalue weighted by atomic mass is 9.94. The molecule has 5 nitrogen and oxygen atoms in total. The zero-order valence-corrected chi connectivity index (χ0v) is 19.2. The minimum absolute atomic E-state index is 0.0504. The molecule has 1 amide bonds. The third-order valence-corrected chi connectivity index (χ3v) is 5.76. The number of rotatable bonds is 7. The van der Waals surface area contributed by atoms with Crippen LogP contribution in [0.3, 0.4) is 0 Å². The first kappa shape index (κ1) is 24.8. The molecule has 0 saturated carbocycles. The zero-order valence-electron chi connectivity index (χ0n) is 17.6. The molecule has 3 N–H and O–H groups in total. The van der Waals surface area contributed by atoms with Crippen molar-refractivity contribution in [2.24, 2.45) is 5.14 Å². The molecule has 10 heteroatoms. The summed E-state index contributed by atoms with van der Waals surface area (Å²) in [6.07, 6.45) is -4.60. The van der Waals surface area contributed by atoms with Crippen molar-refractivity contribution in [3.05, 3.63) is 71.3 Å². The first-order valence-corrected chi connectivity index (χ1v) is 10.9. The predicted octanol–water partition coefficient (Wildman–Crippen LogP) is 6.35. The molecule has 0 saturated heterocycles. The van der Waals surface area contributed by atoms with Crippen LogP contribution >= 0.6 is 23.5 Å². The van der Waals surface area contributed by atoms with E-state index >= 15 is 0 Å². The maximum absolute atomic E-state index is 13.7. The Morgan fingerprint density at radius 1 is 1.03 bits per heavy atom. The second-order valence-electron chi connectivity index (χ2n) is 6.85. The highest BCUT2D eigenvalue weighted by Crippen LogP contribution is 2.40. The molecule has 3 aromatic carbocycles. The van der Waals surface area contributed by atoms with Gasteiger partial charge in [-0.2, -0.15) is 13.2 Å². The standard InChI is InChI=1S/C23H20ClF3N2O3S/c1-31-16-5-7-18(19(11-16)23(25,26)27)17-6-3-13(9-14(17)12-24)22(30)29-15-4-8-21(33-28)20(10-15)32-2/h3-11H,12,28H2,1-2H3,(H,29,30). The molecule has 0 aliphatic rings. The third-order valence-electron chi connectivity index (χ3n) is 4.88. The van der Waals surface area contributed by atoms with E-state index in [0.717, 1.165) is 18.0 Å². The molecule has 33 heavy (non-hydrogen) atoms. The van der Waals surface area contributed by atoms with Crippen LogP contribution in [0.1, 0.15) is 21.5 Å². The number of hydrogen-bond acceptors (Lipinski definition) is 5. The average molecular weight is 497 g/mol. The summed E-state index contributed by atoms with van der Waals surface area (Å²) in [4.78, 5) is 13.5. The summed E-state index contributed by atoms with van der Waals surface area (Å²) in [6, 6.07) is 13.1. The maximum atomic E-state index is 13.7. The number of alkyl halides is 4. The number of ether oxygens (including phenoxy) is 2. The van der Waals surface area contributed by atoms with Crippen molar-refractivity contribution in [2.75, 3.05) is 19.5 Å². The van der Waals surface area contributed by atoms with Crippen LogP contribution in [0.4, 0.5) is 18.9 Å². The van der Waals surface area contributed by atoms with Crippen molar-refractivity contribution < 1.29 is 27.4 Å². The van der Waals surface area contributed by atoms with Crippen LogP contribution in [0, 0.1) is 0 Å². The fourth-order valence-electron chi connectivity index (χ4n) is 3.27. The van der Waals surface area contributed by atoms with E-state index in [2.05, 4.69) is 5.32 Å². The van der Waals surface area contributed by atoms with Crippen LogP contribution in [-0.2, 0) is 12.1 Å². The Balaban J connectivity index is 1.96. The highest BCUT2D eigenvalue weighted by molar-refractivity contribution is 7.97. The third kappa shape index (κ3) is 5.55. The maximum Gasteiger partial charge on any atom is 0.417 e. The van der Waals surface area contributed by atoms with Gasteiger partial charge >= 0.3 is 6.18 Å². The van der Waals surface area contributed by atoms with Gasteiger partial charge in [0.15, 0.2) is 0 Å². The van der Waals surface area contributed by atoms with E-state index in [4.69, 9.17) is 26.2 Å². The minimum atomic E-state index is -4.60. The molecule has 0 radical (unpaired) electrons. The van der Waals surface area contributed by atoms with Gasteiger partial charge in [-0.05, 0) is 65.0 Å². The Morgan fingerprint density at radius 3 is 2.36 bits per heavy atom. The number of carbonyl (C=O) groups excluding carboxylic acids is 1. The monoisotopic (exact) mass is 496 g/mol. The Labute approximate surface area is 198 Å². The number of halogens is 4. The molecule has 0 atom stereocenters. The molecule has 0 aliphatic heterocycles. The minimum Gasteiger partial charge on any atom is -0.497 e. The molecule has 0 fully saturated rings. The van der Waals surface area contributed by atoms with Gasteiger partial charge < -0.3 is 14.8 Å². The molecule has 0 aliphatic carbocycles. The number of benzene rings is 3. The van der Waals surface area contributed by atoms with E-state index in [1.165, 1.54) is 44.6 Å². The van der Waals surface area contributed by atoms with Crippen LogP contribution in [0.5, 0.6) is 11.5 Å². The molecule has 174 valence electrons. The van der Waals surface area contributed by atoms with Gasteiger partial charge in [0, 0.05) is 23.2 Å². The van der Waals surface area contributed by atoms with Gasteiger partial charge in [-0.15, -0.1) is 11.6 Å². The smallest absolute Gasteiger partial charge is 0.417 e. The summed E-state index contributed by atoms with van der Waals surface area (Å²) in [7, 11) is 2.78. The number of nitrogens with two attached hydrogens (primary N) is 1. The van der Waals surface area contributed by atoms with Crippen molar-refractivity contribution >= 4 is 35.1 Å². The first-order chi connectivity index (χ1) is 15.7. The predicted molar refractivity (Wildman–Crippen MR) is 124 cm³/mol. The first-order valence-electron chi connectivity index (χ1n) is 9.52. The van der Waals surface area contributed by atoms with E-state index in [9.17, 15) is 18.0 Å². The van der Waals surface area contributed by atoms with E-state index in [1.807, 2.05) is 0 Å². The van der Waals surface area contributed by atoms with Crippen LogP contribution < -0.4 is 19.9 Å². The van der Waals surface area contributed by atoms with Crippen molar-refractivity contribution in [1.29, 1.82) is 0 Å². The lowest BCUT2D eigenvalue weighted by molar-refractivity contribution is -0.137.